The molecule has 0 saturated carbocycles. The van der Waals surface area contributed by atoms with Gasteiger partial charge in [-0.25, -0.2) is 4.99 Å². The molecule has 1 aromatic carbocycles. The molecule has 0 bridgehead atoms. The summed E-state index contributed by atoms with van der Waals surface area (Å²) in [6.45, 7) is 5.08. The van der Waals surface area contributed by atoms with E-state index in [-0.39, 0.29) is 35.8 Å². The van der Waals surface area contributed by atoms with E-state index in [1.165, 1.54) is 18.6 Å². The van der Waals surface area contributed by atoms with Crippen molar-refractivity contribution in [2.75, 3.05) is 19.7 Å². The molecule has 2 N–H and O–H groups in total. The van der Waals surface area contributed by atoms with Crippen molar-refractivity contribution in [3.05, 3.63) is 39.9 Å². The number of nitro benzene ring substituents is 1. The molecule has 0 radical (unpaired) electrons. The smallest absolute Gasteiger partial charge is 0.269 e. The van der Waals surface area contributed by atoms with Crippen LogP contribution in [0.1, 0.15) is 44.6 Å². The topological polar surface area (TPSA) is 88.8 Å². The molecule has 1 heterocycles. The molecule has 26 heavy (non-hydrogen) atoms. The fourth-order valence-electron chi connectivity index (χ4n) is 2.63. The molecule has 7 nitrogen and oxygen atoms in total. The third-order valence-corrected chi connectivity index (χ3v) is 4.16. The van der Waals surface area contributed by atoms with E-state index in [0.717, 1.165) is 56.9 Å². The van der Waals surface area contributed by atoms with Crippen LogP contribution in [0.2, 0.25) is 0 Å². The van der Waals surface area contributed by atoms with Crippen LogP contribution >= 0.6 is 24.0 Å². The van der Waals surface area contributed by atoms with Gasteiger partial charge in [0, 0.05) is 31.8 Å². The van der Waals surface area contributed by atoms with Gasteiger partial charge >= 0.3 is 0 Å². The first-order valence-electron chi connectivity index (χ1n) is 9.06. The zero-order valence-corrected chi connectivity index (χ0v) is 17.6. The van der Waals surface area contributed by atoms with Crippen molar-refractivity contribution in [3.63, 3.8) is 0 Å². The number of guanidine groups is 1. The van der Waals surface area contributed by atoms with Crippen LogP contribution in [0.3, 0.4) is 0 Å². The van der Waals surface area contributed by atoms with Gasteiger partial charge in [0.1, 0.15) is 0 Å². The predicted molar refractivity (Wildman–Crippen MR) is 114 cm³/mol. The maximum absolute atomic E-state index is 10.7. The Morgan fingerprint density at radius 3 is 2.69 bits per heavy atom. The summed E-state index contributed by atoms with van der Waals surface area (Å²) in [6.07, 6.45) is 5.88. The molecule has 1 aromatic rings. The molecule has 2 rings (SSSR count). The fraction of sp³-hybridized carbons (Fsp3) is 0.611. The van der Waals surface area contributed by atoms with Gasteiger partial charge in [-0.15, -0.1) is 24.0 Å². The van der Waals surface area contributed by atoms with Crippen LogP contribution in [-0.2, 0) is 11.3 Å². The summed E-state index contributed by atoms with van der Waals surface area (Å²) in [5.41, 5.74) is 1.04. The Morgan fingerprint density at radius 2 is 2.08 bits per heavy atom. The zero-order chi connectivity index (χ0) is 17.9. The third kappa shape index (κ3) is 8.31. The van der Waals surface area contributed by atoms with Crippen molar-refractivity contribution < 1.29 is 9.66 Å². The summed E-state index contributed by atoms with van der Waals surface area (Å²) in [6, 6.07) is 6.52. The van der Waals surface area contributed by atoms with Gasteiger partial charge in [-0.3, -0.25) is 10.1 Å². The fourth-order valence-corrected chi connectivity index (χ4v) is 2.63. The monoisotopic (exact) mass is 476 g/mol. The third-order valence-electron chi connectivity index (χ3n) is 4.16. The lowest BCUT2D eigenvalue weighted by atomic mass is 10.1. The number of nitrogens with one attached hydrogen (secondary N) is 2. The maximum Gasteiger partial charge on any atom is 0.269 e. The average Bonchev–Trinajstić information content (AvgIpc) is 2.65. The minimum Gasteiger partial charge on any atom is -0.376 e. The number of rotatable bonds is 8. The van der Waals surface area contributed by atoms with Crippen molar-refractivity contribution in [2.45, 2.75) is 51.7 Å². The van der Waals surface area contributed by atoms with E-state index in [4.69, 9.17) is 4.74 Å². The Labute approximate surface area is 172 Å². The number of halogens is 1. The normalized spacial score (nSPS) is 17.3. The molecule has 8 heteroatoms. The van der Waals surface area contributed by atoms with Gasteiger partial charge in [0.25, 0.3) is 5.69 Å². The number of hydrogen-bond donors (Lipinski definition) is 2. The summed E-state index contributed by atoms with van der Waals surface area (Å²) < 4.78 is 5.74. The summed E-state index contributed by atoms with van der Waals surface area (Å²) in [5, 5.41) is 17.4. The Morgan fingerprint density at radius 1 is 1.31 bits per heavy atom. The molecule has 0 aromatic heterocycles. The second-order valence-electron chi connectivity index (χ2n) is 6.24. The number of nitrogens with zero attached hydrogens (tertiary/aromatic N) is 2. The van der Waals surface area contributed by atoms with E-state index in [0.29, 0.717) is 6.54 Å². The van der Waals surface area contributed by atoms with E-state index in [2.05, 4.69) is 22.5 Å². The minimum atomic E-state index is -0.392. The highest BCUT2D eigenvalue weighted by molar-refractivity contribution is 14.0. The van der Waals surface area contributed by atoms with Crippen LogP contribution in [0.15, 0.2) is 29.3 Å². The highest BCUT2D eigenvalue weighted by Gasteiger charge is 2.14. The summed E-state index contributed by atoms with van der Waals surface area (Å²) >= 11 is 0. The van der Waals surface area contributed by atoms with Gasteiger partial charge in [-0.2, -0.15) is 0 Å². The number of non-ortho nitro benzene ring substituents is 1. The Bertz CT molecular complexity index is 560. The minimum absolute atomic E-state index is 0. The predicted octanol–water partition coefficient (Wildman–Crippen LogP) is 3.62. The second kappa shape index (κ2) is 12.9. The van der Waals surface area contributed by atoms with Crippen LogP contribution in [0.5, 0.6) is 0 Å². The van der Waals surface area contributed by atoms with E-state index < -0.39 is 4.92 Å². The molecule has 146 valence electrons. The summed E-state index contributed by atoms with van der Waals surface area (Å²) in [4.78, 5) is 14.9. The molecule has 1 unspecified atom stereocenters. The Kier molecular flexibility index (Phi) is 11.2. The lowest BCUT2D eigenvalue weighted by Crippen LogP contribution is -2.42. The van der Waals surface area contributed by atoms with Crippen LogP contribution in [0, 0.1) is 10.1 Å². The highest BCUT2D eigenvalue weighted by Crippen LogP contribution is 2.13. The largest absolute Gasteiger partial charge is 0.376 e. The number of unbranched alkanes of at least 4 members (excludes halogenated alkanes) is 1. The quantitative estimate of drug-likeness (QED) is 0.150. The first-order valence-corrected chi connectivity index (χ1v) is 9.06. The molecule has 1 saturated heterocycles. The van der Waals surface area contributed by atoms with E-state index >= 15 is 0 Å². The first kappa shape index (κ1) is 22.6. The number of benzene rings is 1. The maximum atomic E-state index is 10.7. The van der Waals surface area contributed by atoms with E-state index in [1.807, 2.05) is 0 Å². The second-order valence-corrected chi connectivity index (χ2v) is 6.24. The van der Waals surface area contributed by atoms with Gasteiger partial charge in [-0.05, 0) is 31.2 Å². The summed E-state index contributed by atoms with van der Waals surface area (Å²) in [5.74, 6) is 0.765. The lowest BCUT2D eigenvalue weighted by Gasteiger charge is -2.23. The van der Waals surface area contributed by atoms with Crippen molar-refractivity contribution >= 4 is 35.6 Å². The van der Waals surface area contributed by atoms with Gasteiger partial charge in [0.15, 0.2) is 5.96 Å². The number of ether oxygens (including phenoxy) is 1. The number of nitro groups is 1. The molecular weight excluding hydrogens is 447 g/mol. The van der Waals surface area contributed by atoms with Crippen molar-refractivity contribution in [3.8, 4) is 0 Å². The van der Waals surface area contributed by atoms with Crippen molar-refractivity contribution in [1.82, 2.24) is 10.6 Å². The van der Waals surface area contributed by atoms with Crippen LogP contribution in [0.25, 0.3) is 0 Å². The molecule has 0 spiro atoms. The van der Waals surface area contributed by atoms with Crippen molar-refractivity contribution in [2.24, 2.45) is 4.99 Å². The highest BCUT2D eigenvalue weighted by atomic mass is 127. The van der Waals surface area contributed by atoms with Gasteiger partial charge in [-0.1, -0.05) is 25.5 Å². The van der Waals surface area contributed by atoms with Crippen LogP contribution < -0.4 is 10.6 Å². The average molecular weight is 476 g/mol. The van der Waals surface area contributed by atoms with E-state index in [1.54, 1.807) is 12.1 Å². The van der Waals surface area contributed by atoms with E-state index in [9.17, 15) is 10.1 Å². The zero-order valence-electron chi connectivity index (χ0n) is 15.3. The standard InChI is InChI=1S/C18H28N4O3.HI/c1-2-3-11-19-18(21-14-17-6-4-5-12-25-17)20-13-15-7-9-16(10-8-15)22(23)24;/h7-10,17H,2-6,11-14H2,1H3,(H2,19,20,21);1H. The Hall–Kier alpha value is -1.42. The first-order chi connectivity index (χ1) is 12.2. The Balaban J connectivity index is 0.00000338. The van der Waals surface area contributed by atoms with Gasteiger partial charge < -0.3 is 15.4 Å². The molecule has 1 atom stereocenters. The van der Waals surface area contributed by atoms with Crippen LogP contribution in [0.4, 0.5) is 5.69 Å². The molecule has 0 aliphatic carbocycles. The molecular formula is C18H29IN4O3. The number of hydrogen-bond acceptors (Lipinski definition) is 4. The summed E-state index contributed by atoms with van der Waals surface area (Å²) in [7, 11) is 0. The SMILES string of the molecule is CCCCNC(=NCc1ccc([N+](=O)[O-])cc1)NCC1CCCCO1.I. The van der Waals surface area contributed by atoms with Crippen molar-refractivity contribution in [1.29, 1.82) is 0 Å². The van der Waals surface area contributed by atoms with Gasteiger partial charge in [0.2, 0.25) is 0 Å². The van der Waals surface area contributed by atoms with Gasteiger partial charge in [0.05, 0.1) is 17.6 Å². The molecule has 1 aliphatic heterocycles. The van der Waals surface area contributed by atoms with Crippen LogP contribution in [-0.4, -0.2) is 36.7 Å². The molecule has 0 amide bonds. The lowest BCUT2D eigenvalue weighted by molar-refractivity contribution is -0.384. The number of aliphatic imine (C=N–C) groups is 1. The molecule has 1 fully saturated rings. The molecule has 1 aliphatic rings.